The summed E-state index contributed by atoms with van der Waals surface area (Å²) in [5.41, 5.74) is 6.60. The summed E-state index contributed by atoms with van der Waals surface area (Å²) >= 11 is 1.46. The minimum Gasteiger partial charge on any atom is -0.320 e. The molecule has 0 radical (unpaired) electrons. The van der Waals surface area contributed by atoms with E-state index >= 15 is 0 Å². The van der Waals surface area contributed by atoms with E-state index in [1.165, 1.54) is 11.8 Å². The zero-order chi connectivity index (χ0) is 14.0. The van der Waals surface area contributed by atoms with E-state index in [1.807, 2.05) is 18.4 Å². The lowest BCUT2D eigenvalue weighted by Crippen LogP contribution is -2.15. The highest BCUT2D eigenvalue weighted by Crippen LogP contribution is 2.30. The van der Waals surface area contributed by atoms with E-state index in [0.717, 1.165) is 11.0 Å². The molecule has 1 atom stereocenters. The molecule has 0 saturated carbocycles. The number of hydrogen-bond donors (Lipinski definition) is 1. The van der Waals surface area contributed by atoms with Crippen molar-refractivity contribution in [1.82, 2.24) is 0 Å². The van der Waals surface area contributed by atoms with Crippen molar-refractivity contribution in [2.24, 2.45) is 5.73 Å². The molecular formula is C14H12F3NS. The zero-order valence-electron chi connectivity index (χ0n) is 10.2. The van der Waals surface area contributed by atoms with Gasteiger partial charge in [0.25, 0.3) is 0 Å². The van der Waals surface area contributed by atoms with Gasteiger partial charge in [-0.3, -0.25) is 0 Å². The Balaban J connectivity index is 2.50. The molecule has 0 aliphatic heterocycles. The lowest BCUT2D eigenvalue weighted by Gasteiger charge is -2.16. The summed E-state index contributed by atoms with van der Waals surface area (Å²) in [6.45, 7) is 0. The second-order valence-corrected chi connectivity index (χ2v) is 4.86. The fraction of sp³-hybridized carbons (Fsp3) is 0.143. The van der Waals surface area contributed by atoms with Crippen LogP contribution in [-0.2, 0) is 0 Å². The highest BCUT2D eigenvalue weighted by molar-refractivity contribution is 7.98. The molecule has 0 aromatic heterocycles. The first-order valence-corrected chi connectivity index (χ1v) is 6.80. The summed E-state index contributed by atoms with van der Waals surface area (Å²) in [6, 6.07) is 7.70. The molecule has 0 aliphatic carbocycles. The number of benzene rings is 2. The van der Waals surface area contributed by atoms with E-state index in [1.54, 1.807) is 12.1 Å². The SMILES string of the molecule is CSc1ccccc1C(N)c1cc(F)c(F)cc1F. The van der Waals surface area contributed by atoms with Crippen molar-refractivity contribution >= 4 is 11.8 Å². The van der Waals surface area contributed by atoms with Crippen LogP contribution in [0, 0.1) is 17.5 Å². The van der Waals surface area contributed by atoms with Gasteiger partial charge in [0.05, 0.1) is 6.04 Å². The van der Waals surface area contributed by atoms with Crippen LogP contribution in [0.4, 0.5) is 13.2 Å². The van der Waals surface area contributed by atoms with Gasteiger partial charge in [0.15, 0.2) is 11.6 Å². The molecule has 0 amide bonds. The summed E-state index contributed by atoms with van der Waals surface area (Å²) in [7, 11) is 0. The van der Waals surface area contributed by atoms with Gasteiger partial charge in [-0.05, 0) is 24.0 Å². The molecule has 0 saturated heterocycles. The van der Waals surface area contributed by atoms with E-state index in [4.69, 9.17) is 5.73 Å². The van der Waals surface area contributed by atoms with Gasteiger partial charge in [-0.2, -0.15) is 0 Å². The van der Waals surface area contributed by atoms with Gasteiger partial charge >= 0.3 is 0 Å². The minimum absolute atomic E-state index is 0.0552. The monoisotopic (exact) mass is 283 g/mol. The number of thioether (sulfide) groups is 1. The molecule has 0 fully saturated rings. The van der Waals surface area contributed by atoms with Crippen molar-refractivity contribution < 1.29 is 13.2 Å². The molecule has 2 N–H and O–H groups in total. The summed E-state index contributed by atoms with van der Waals surface area (Å²) in [5.74, 6) is -3.16. The van der Waals surface area contributed by atoms with Crippen molar-refractivity contribution in [2.45, 2.75) is 10.9 Å². The first-order valence-electron chi connectivity index (χ1n) is 5.57. The Kier molecular flexibility index (Phi) is 4.17. The Bertz CT molecular complexity index is 601. The van der Waals surface area contributed by atoms with Crippen molar-refractivity contribution in [3.8, 4) is 0 Å². The third-order valence-electron chi connectivity index (χ3n) is 2.85. The maximum Gasteiger partial charge on any atom is 0.161 e. The van der Waals surface area contributed by atoms with Crippen LogP contribution in [-0.4, -0.2) is 6.26 Å². The van der Waals surface area contributed by atoms with Crippen molar-refractivity contribution in [3.05, 3.63) is 65.0 Å². The van der Waals surface area contributed by atoms with E-state index < -0.39 is 23.5 Å². The second-order valence-electron chi connectivity index (χ2n) is 4.01. The number of nitrogens with two attached hydrogens (primary N) is 1. The maximum atomic E-state index is 13.7. The summed E-state index contributed by atoms with van der Waals surface area (Å²) < 4.78 is 39.8. The lowest BCUT2D eigenvalue weighted by atomic mass is 9.99. The van der Waals surface area contributed by atoms with Crippen LogP contribution in [0.3, 0.4) is 0 Å². The molecule has 1 nitrogen and oxygen atoms in total. The van der Waals surface area contributed by atoms with Gasteiger partial charge in [0.1, 0.15) is 5.82 Å². The van der Waals surface area contributed by atoms with Crippen LogP contribution in [0.15, 0.2) is 41.3 Å². The topological polar surface area (TPSA) is 26.0 Å². The van der Waals surface area contributed by atoms with Crippen LogP contribution in [0.25, 0.3) is 0 Å². The molecule has 2 rings (SSSR count). The van der Waals surface area contributed by atoms with Gasteiger partial charge in [0, 0.05) is 16.5 Å². The van der Waals surface area contributed by atoms with Crippen LogP contribution in [0.1, 0.15) is 17.2 Å². The standard InChI is InChI=1S/C14H12F3NS/c1-19-13-5-3-2-4-8(13)14(18)9-6-11(16)12(17)7-10(9)15/h2-7,14H,18H2,1H3. The molecule has 5 heteroatoms. The average molecular weight is 283 g/mol. The van der Waals surface area contributed by atoms with E-state index in [9.17, 15) is 13.2 Å². The third-order valence-corrected chi connectivity index (χ3v) is 3.66. The van der Waals surface area contributed by atoms with Crippen molar-refractivity contribution in [2.75, 3.05) is 6.26 Å². The highest BCUT2D eigenvalue weighted by Gasteiger charge is 2.19. The van der Waals surface area contributed by atoms with Crippen molar-refractivity contribution in [1.29, 1.82) is 0 Å². The molecule has 0 aliphatic rings. The summed E-state index contributed by atoms with van der Waals surface area (Å²) in [5, 5.41) is 0. The molecule has 1 unspecified atom stereocenters. The Morgan fingerprint density at radius 3 is 2.26 bits per heavy atom. The van der Waals surface area contributed by atoms with E-state index in [0.29, 0.717) is 11.6 Å². The fourth-order valence-corrected chi connectivity index (χ4v) is 2.51. The molecule has 0 heterocycles. The van der Waals surface area contributed by atoms with Gasteiger partial charge in [0.2, 0.25) is 0 Å². The fourth-order valence-electron chi connectivity index (χ4n) is 1.87. The van der Waals surface area contributed by atoms with Gasteiger partial charge in [-0.25, -0.2) is 13.2 Å². The average Bonchev–Trinajstić information content (AvgIpc) is 2.42. The first kappa shape index (κ1) is 14.0. The lowest BCUT2D eigenvalue weighted by molar-refractivity contribution is 0.487. The smallest absolute Gasteiger partial charge is 0.161 e. The minimum atomic E-state index is -1.22. The predicted octanol–water partition coefficient (Wildman–Crippen LogP) is 3.87. The summed E-state index contributed by atoms with van der Waals surface area (Å²) in [6.07, 6.45) is 1.87. The Hall–Kier alpha value is -1.46. The van der Waals surface area contributed by atoms with Crippen LogP contribution in [0.5, 0.6) is 0 Å². The number of hydrogen-bond acceptors (Lipinski definition) is 2. The normalized spacial score (nSPS) is 12.5. The number of halogens is 3. The molecule has 19 heavy (non-hydrogen) atoms. The van der Waals surface area contributed by atoms with E-state index in [-0.39, 0.29) is 5.56 Å². The molecular weight excluding hydrogens is 271 g/mol. The van der Waals surface area contributed by atoms with Gasteiger partial charge in [-0.15, -0.1) is 11.8 Å². The van der Waals surface area contributed by atoms with E-state index in [2.05, 4.69) is 0 Å². The largest absolute Gasteiger partial charge is 0.320 e. The van der Waals surface area contributed by atoms with Crippen LogP contribution in [0.2, 0.25) is 0 Å². The first-order chi connectivity index (χ1) is 9.04. The Labute approximate surface area is 113 Å². The van der Waals surface area contributed by atoms with Crippen molar-refractivity contribution in [3.63, 3.8) is 0 Å². The molecule has 0 bridgehead atoms. The Morgan fingerprint density at radius 2 is 1.58 bits per heavy atom. The highest BCUT2D eigenvalue weighted by atomic mass is 32.2. The second kappa shape index (κ2) is 5.67. The Morgan fingerprint density at radius 1 is 0.947 bits per heavy atom. The quantitative estimate of drug-likeness (QED) is 0.683. The van der Waals surface area contributed by atoms with Crippen LogP contribution < -0.4 is 5.73 Å². The molecule has 0 spiro atoms. The molecule has 2 aromatic carbocycles. The van der Waals surface area contributed by atoms with Gasteiger partial charge in [-0.1, -0.05) is 18.2 Å². The molecule has 2 aromatic rings. The molecule has 100 valence electrons. The summed E-state index contributed by atoms with van der Waals surface area (Å²) in [4.78, 5) is 0.874. The predicted molar refractivity (Wildman–Crippen MR) is 70.6 cm³/mol. The third kappa shape index (κ3) is 2.77. The zero-order valence-corrected chi connectivity index (χ0v) is 11.0. The number of rotatable bonds is 3. The van der Waals surface area contributed by atoms with Gasteiger partial charge < -0.3 is 5.73 Å². The maximum absolute atomic E-state index is 13.7. The van der Waals surface area contributed by atoms with Crippen LogP contribution >= 0.6 is 11.8 Å².